The van der Waals surface area contributed by atoms with Crippen molar-refractivity contribution < 1.29 is 9.90 Å². The molecule has 0 spiro atoms. The molecule has 126 valence electrons. The van der Waals surface area contributed by atoms with Crippen LogP contribution in [-0.2, 0) is 4.79 Å². The molecule has 0 fully saturated rings. The standard InChI is InChI=1S/C21H30O2/c1-6-18-11-8-12-19(21(18)15(2)3)13-16(4)9-7-10-17(5)14-20(22)23/h7,9-10,13-15H,6,8,11-12H2,1-5H3,(H,22,23)/b10-7+,16-9+,17-14-,19-13+. The Labute approximate surface area is 141 Å². The Kier molecular flexibility index (Phi) is 7.80. The minimum absolute atomic E-state index is 0.570. The molecule has 0 saturated carbocycles. The van der Waals surface area contributed by atoms with Crippen LogP contribution in [0.2, 0.25) is 0 Å². The predicted molar refractivity (Wildman–Crippen MR) is 98.4 cm³/mol. The van der Waals surface area contributed by atoms with Crippen LogP contribution in [0.3, 0.4) is 0 Å². The second kappa shape index (κ2) is 9.34. The van der Waals surface area contributed by atoms with E-state index >= 15 is 0 Å². The maximum atomic E-state index is 10.6. The van der Waals surface area contributed by atoms with Crippen molar-refractivity contribution in [2.45, 2.75) is 60.3 Å². The number of hydrogen-bond donors (Lipinski definition) is 1. The first-order valence-corrected chi connectivity index (χ1v) is 8.54. The van der Waals surface area contributed by atoms with E-state index in [4.69, 9.17) is 5.11 Å². The van der Waals surface area contributed by atoms with Gasteiger partial charge in [-0.3, -0.25) is 0 Å². The number of carboxylic acid groups (broad SMARTS) is 1. The topological polar surface area (TPSA) is 37.3 Å². The van der Waals surface area contributed by atoms with Crippen LogP contribution in [0.25, 0.3) is 0 Å². The van der Waals surface area contributed by atoms with Gasteiger partial charge in [-0.1, -0.05) is 56.2 Å². The molecule has 0 aromatic carbocycles. The summed E-state index contributed by atoms with van der Waals surface area (Å²) in [5.74, 6) is -0.337. The first kappa shape index (κ1) is 19.2. The van der Waals surface area contributed by atoms with Gasteiger partial charge in [0.1, 0.15) is 0 Å². The lowest BCUT2D eigenvalue weighted by molar-refractivity contribution is -0.131. The molecule has 0 heterocycles. The Morgan fingerprint density at radius 2 is 1.91 bits per heavy atom. The number of hydrogen-bond acceptors (Lipinski definition) is 1. The summed E-state index contributed by atoms with van der Waals surface area (Å²) in [4.78, 5) is 10.6. The van der Waals surface area contributed by atoms with E-state index in [0.717, 1.165) is 18.4 Å². The molecule has 0 radical (unpaired) electrons. The largest absolute Gasteiger partial charge is 0.478 e. The van der Waals surface area contributed by atoms with E-state index in [2.05, 4.69) is 33.8 Å². The van der Waals surface area contributed by atoms with E-state index < -0.39 is 5.97 Å². The van der Waals surface area contributed by atoms with Crippen LogP contribution in [0.15, 0.2) is 58.2 Å². The molecule has 0 aromatic rings. The molecule has 2 nitrogen and oxygen atoms in total. The van der Waals surface area contributed by atoms with Crippen molar-refractivity contribution in [3.05, 3.63) is 58.2 Å². The zero-order chi connectivity index (χ0) is 17.4. The molecule has 1 aliphatic carbocycles. The van der Waals surface area contributed by atoms with E-state index in [9.17, 15) is 4.79 Å². The van der Waals surface area contributed by atoms with E-state index in [-0.39, 0.29) is 0 Å². The molecular weight excluding hydrogens is 284 g/mol. The van der Waals surface area contributed by atoms with E-state index in [1.165, 1.54) is 30.1 Å². The van der Waals surface area contributed by atoms with Gasteiger partial charge in [0, 0.05) is 6.08 Å². The van der Waals surface area contributed by atoms with Gasteiger partial charge in [0.25, 0.3) is 0 Å². The molecule has 1 rings (SSSR count). The zero-order valence-electron chi connectivity index (χ0n) is 15.1. The third-order valence-electron chi connectivity index (χ3n) is 4.13. The number of rotatable bonds is 6. The summed E-state index contributed by atoms with van der Waals surface area (Å²) in [6, 6.07) is 0. The highest BCUT2D eigenvalue weighted by atomic mass is 16.4. The zero-order valence-corrected chi connectivity index (χ0v) is 15.1. The monoisotopic (exact) mass is 314 g/mol. The van der Waals surface area contributed by atoms with Crippen molar-refractivity contribution in [1.29, 1.82) is 0 Å². The average Bonchev–Trinajstić information content (AvgIpc) is 2.45. The predicted octanol–water partition coefficient (Wildman–Crippen LogP) is 5.99. The third kappa shape index (κ3) is 6.43. The maximum Gasteiger partial charge on any atom is 0.328 e. The number of carboxylic acids is 1. The van der Waals surface area contributed by atoms with Gasteiger partial charge < -0.3 is 5.11 Å². The lowest BCUT2D eigenvalue weighted by atomic mass is 9.80. The molecular formula is C21H30O2. The second-order valence-corrected chi connectivity index (χ2v) is 6.55. The Hall–Kier alpha value is -1.83. The summed E-state index contributed by atoms with van der Waals surface area (Å²) in [6.45, 7) is 10.7. The summed E-state index contributed by atoms with van der Waals surface area (Å²) in [5, 5.41) is 8.70. The van der Waals surface area contributed by atoms with Crippen LogP contribution in [0.5, 0.6) is 0 Å². The Morgan fingerprint density at radius 1 is 1.22 bits per heavy atom. The van der Waals surface area contributed by atoms with Crippen molar-refractivity contribution in [3.8, 4) is 0 Å². The van der Waals surface area contributed by atoms with E-state index in [1.54, 1.807) is 18.1 Å². The molecule has 0 bridgehead atoms. The normalized spacial score (nSPS) is 19.3. The molecule has 2 heteroatoms. The molecule has 1 N–H and O–H groups in total. The molecule has 0 atom stereocenters. The summed E-state index contributed by atoms with van der Waals surface area (Å²) in [7, 11) is 0. The second-order valence-electron chi connectivity index (χ2n) is 6.55. The summed E-state index contributed by atoms with van der Waals surface area (Å²) < 4.78 is 0. The van der Waals surface area contributed by atoms with Gasteiger partial charge >= 0.3 is 5.97 Å². The first-order valence-electron chi connectivity index (χ1n) is 8.54. The number of allylic oxidation sites excluding steroid dienone is 9. The van der Waals surface area contributed by atoms with Crippen LogP contribution >= 0.6 is 0 Å². The van der Waals surface area contributed by atoms with Gasteiger partial charge in [-0.2, -0.15) is 0 Å². The van der Waals surface area contributed by atoms with E-state index in [1.807, 2.05) is 18.2 Å². The highest BCUT2D eigenvalue weighted by Gasteiger charge is 2.18. The lowest BCUT2D eigenvalue weighted by Crippen LogP contribution is -2.08. The Balaban J connectivity index is 2.97. The third-order valence-corrected chi connectivity index (χ3v) is 4.13. The van der Waals surface area contributed by atoms with Gasteiger partial charge in [-0.15, -0.1) is 0 Å². The summed E-state index contributed by atoms with van der Waals surface area (Å²) in [6.07, 6.45) is 14.1. The lowest BCUT2D eigenvalue weighted by Gasteiger charge is -2.26. The quantitative estimate of drug-likeness (QED) is 0.483. The van der Waals surface area contributed by atoms with Crippen LogP contribution in [-0.4, -0.2) is 11.1 Å². The SMILES string of the molecule is CCC1=C(C(C)C)/C(=C/C(C)=C/C=C/C(C)=C\C(=O)O)CCC1. The molecule has 0 aromatic heterocycles. The minimum Gasteiger partial charge on any atom is -0.478 e. The smallest absolute Gasteiger partial charge is 0.328 e. The van der Waals surface area contributed by atoms with Crippen LogP contribution in [0.1, 0.15) is 60.3 Å². The van der Waals surface area contributed by atoms with Crippen molar-refractivity contribution in [2.75, 3.05) is 0 Å². The Morgan fingerprint density at radius 3 is 2.48 bits per heavy atom. The fourth-order valence-corrected chi connectivity index (χ4v) is 3.20. The fraction of sp³-hybridized carbons (Fsp3) is 0.476. The Bertz CT molecular complexity index is 581. The molecule has 23 heavy (non-hydrogen) atoms. The highest BCUT2D eigenvalue weighted by Crippen LogP contribution is 2.36. The minimum atomic E-state index is -0.906. The van der Waals surface area contributed by atoms with Crippen LogP contribution < -0.4 is 0 Å². The average molecular weight is 314 g/mol. The molecule has 1 aliphatic rings. The molecule has 0 aliphatic heterocycles. The molecule has 0 amide bonds. The fourth-order valence-electron chi connectivity index (χ4n) is 3.20. The first-order chi connectivity index (χ1) is 10.8. The summed E-state index contributed by atoms with van der Waals surface area (Å²) >= 11 is 0. The van der Waals surface area contributed by atoms with Crippen LogP contribution in [0, 0.1) is 5.92 Å². The van der Waals surface area contributed by atoms with Crippen LogP contribution in [0.4, 0.5) is 0 Å². The molecule has 0 unspecified atom stereocenters. The van der Waals surface area contributed by atoms with Gasteiger partial charge in [-0.25, -0.2) is 4.79 Å². The molecule has 0 saturated heterocycles. The van der Waals surface area contributed by atoms with Gasteiger partial charge in [0.15, 0.2) is 0 Å². The van der Waals surface area contributed by atoms with Crippen molar-refractivity contribution in [3.63, 3.8) is 0 Å². The van der Waals surface area contributed by atoms with E-state index in [0.29, 0.717) is 5.92 Å². The number of carbonyl (C=O) groups is 1. The highest BCUT2D eigenvalue weighted by molar-refractivity contribution is 5.81. The van der Waals surface area contributed by atoms with Crippen molar-refractivity contribution in [1.82, 2.24) is 0 Å². The summed E-state index contributed by atoms with van der Waals surface area (Å²) in [5.41, 5.74) is 6.58. The van der Waals surface area contributed by atoms with Crippen molar-refractivity contribution in [2.24, 2.45) is 5.92 Å². The van der Waals surface area contributed by atoms with Crippen molar-refractivity contribution >= 4 is 5.97 Å². The van der Waals surface area contributed by atoms with Gasteiger partial charge in [-0.05, 0) is 62.2 Å². The maximum absolute atomic E-state index is 10.6. The van der Waals surface area contributed by atoms with Gasteiger partial charge in [0.2, 0.25) is 0 Å². The number of aliphatic carboxylic acids is 1. The van der Waals surface area contributed by atoms with Gasteiger partial charge in [0.05, 0.1) is 0 Å².